The average Bonchev–Trinajstić information content (AvgIpc) is 3.39. The van der Waals surface area contributed by atoms with Gasteiger partial charge in [-0.25, -0.2) is 4.39 Å². The first-order valence-corrected chi connectivity index (χ1v) is 11.5. The minimum atomic E-state index is -1.28. The van der Waals surface area contributed by atoms with Gasteiger partial charge in [-0.05, 0) is 61.9 Å². The molecular formula is C24H30ClFO4. The fourth-order valence-corrected chi connectivity index (χ4v) is 8.67. The number of rotatable bonds is 2. The van der Waals surface area contributed by atoms with Crippen LogP contribution in [0.2, 0.25) is 0 Å². The predicted octanol–water partition coefficient (Wildman–Crippen LogP) is 4.35. The van der Waals surface area contributed by atoms with Crippen molar-refractivity contribution in [2.75, 3.05) is 0 Å². The molecule has 164 valence electrons. The summed E-state index contributed by atoms with van der Waals surface area (Å²) in [6, 6.07) is 0. The van der Waals surface area contributed by atoms with Crippen LogP contribution in [0, 0.1) is 40.4 Å². The first-order valence-electron chi connectivity index (χ1n) is 11.1. The zero-order valence-corrected chi connectivity index (χ0v) is 18.7. The quantitative estimate of drug-likeness (QED) is 0.654. The molecule has 0 unspecified atom stereocenters. The molecule has 0 heterocycles. The Bertz CT molecular complexity index is 898. The number of hydrogen-bond donors (Lipinski definition) is 1. The Morgan fingerprint density at radius 2 is 1.93 bits per heavy atom. The van der Waals surface area contributed by atoms with Gasteiger partial charge in [0.2, 0.25) is 0 Å². The van der Waals surface area contributed by atoms with Gasteiger partial charge in [0, 0.05) is 28.7 Å². The first-order chi connectivity index (χ1) is 14.0. The summed E-state index contributed by atoms with van der Waals surface area (Å²) in [5.41, 5.74) is -1.57. The molecule has 0 radical (unpaired) electrons. The van der Waals surface area contributed by atoms with E-state index in [1.807, 2.05) is 19.1 Å². The van der Waals surface area contributed by atoms with E-state index in [2.05, 4.69) is 6.92 Å². The van der Waals surface area contributed by atoms with Crippen molar-refractivity contribution in [1.82, 2.24) is 0 Å². The monoisotopic (exact) mass is 436 g/mol. The van der Waals surface area contributed by atoms with Gasteiger partial charge in [-0.2, -0.15) is 0 Å². The fourth-order valence-electron chi connectivity index (χ4n) is 8.26. The molecule has 0 aromatic rings. The highest BCUT2D eigenvalue weighted by molar-refractivity contribution is 6.32. The maximum atomic E-state index is 16.2. The molecule has 1 N–H and O–H groups in total. The van der Waals surface area contributed by atoms with Crippen molar-refractivity contribution < 1.29 is 23.8 Å². The summed E-state index contributed by atoms with van der Waals surface area (Å²) in [4.78, 5) is 24.7. The van der Waals surface area contributed by atoms with Crippen LogP contribution >= 0.6 is 11.6 Å². The Kier molecular flexibility index (Phi) is 4.27. The summed E-state index contributed by atoms with van der Waals surface area (Å²) < 4.78 is 21.9. The summed E-state index contributed by atoms with van der Waals surface area (Å²) >= 11 is 6.76. The molecule has 0 aromatic heterocycles. The van der Waals surface area contributed by atoms with E-state index in [9.17, 15) is 14.7 Å². The highest BCUT2D eigenvalue weighted by Crippen LogP contribution is 2.73. The minimum Gasteiger partial charge on any atom is -0.451 e. The molecule has 0 bridgehead atoms. The molecule has 3 fully saturated rings. The van der Waals surface area contributed by atoms with Crippen molar-refractivity contribution in [3.05, 3.63) is 22.8 Å². The number of hydrogen-bond acceptors (Lipinski definition) is 4. The molecule has 5 aliphatic carbocycles. The second-order valence-corrected chi connectivity index (χ2v) is 11.1. The van der Waals surface area contributed by atoms with Crippen LogP contribution in [-0.4, -0.2) is 34.7 Å². The van der Waals surface area contributed by atoms with Crippen LogP contribution in [0.15, 0.2) is 22.8 Å². The largest absolute Gasteiger partial charge is 0.451 e. The Morgan fingerprint density at radius 3 is 2.57 bits per heavy atom. The SMILES string of the molecule is CC(=O)O[C@]1(C(C)=O)CC[C@H]2[C@@H]3C=C(Cl)C4=C[C@@H](O)[C@@H]5C[C@@H]5[C@]4(C)[C@H]3[C@@H](F)C[C@@]21C. The third kappa shape index (κ3) is 2.31. The van der Waals surface area contributed by atoms with Crippen molar-refractivity contribution in [3.8, 4) is 0 Å². The average molecular weight is 437 g/mol. The Labute approximate surface area is 181 Å². The molecule has 10 atom stereocenters. The summed E-state index contributed by atoms with van der Waals surface area (Å²) in [5, 5.41) is 11.0. The van der Waals surface area contributed by atoms with Crippen LogP contribution in [0.25, 0.3) is 0 Å². The van der Waals surface area contributed by atoms with Gasteiger partial charge in [0.25, 0.3) is 0 Å². The third-order valence-corrected chi connectivity index (χ3v) is 9.91. The molecule has 0 amide bonds. The summed E-state index contributed by atoms with van der Waals surface area (Å²) in [6.07, 6.45) is 4.37. The Morgan fingerprint density at radius 1 is 1.23 bits per heavy atom. The van der Waals surface area contributed by atoms with Gasteiger partial charge in [0.15, 0.2) is 11.4 Å². The van der Waals surface area contributed by atoms with Crippen LogP contribution < -0.4 is 0 Å². The van der Waals surface area contributed by atoms with Crippen molar-refractivity contribution in [3.63, 3.8) is 0 Å². The van der Waals surface area contributed by atoms with E-state index in [1.54, 1.807) is 0 Å². The number of halogens is 2. The van der Waals surface area contributed by atoms with Crippen molar-refractivity contribution in [1.29, 1.82) is 0 Å². The fraction of sp³-hybridized carbons (Fsp3) is 0.750. The number of ether oxygens (including phenoxy) is 1. The number of carbonyl (C=O) groups is 2. The van der Waals surface area contributed by atoms with E-state index in [4.69, 9.17) is 16.3 Å². The number of ketones is 1. The van der Waals surface area contributed by atoms with Gasteiger partial charge in [-0.3, -0.25) is 9.59 Å². The van der Waals surface area contributed by atoms with Crippen LogP contribution in [0.1, 0.15) is 53.4 Å². The number of carbonyl (C=O) groups excluding carboxylic acids is 2. The van der Waals surface area contributed by atoms with Gasteiger partial charge in [0.1, 0.15) is 6.17 Å². The van der Waals surface area contributed by atoms with Crippen molar-refractivity contribution >= 4 is 23.4 Å². The number of Topliss-reactive ketones (excluding diaryl/α,β-unsaturated/α-hetero) is 1. The lowest BCUT2D eigenvalue weighted by Crippen LogP contribution is -2.61. The second kappa shape index (κ2) is 6.19. The molecule has 6 heteroatoms. The van der Waals surface area contributed by atoms with E-state index in [-0.39, 0.29) is 41.8 Å². The summed E-state index contributed by atoms with van der Waals surface area (Å²) in [7, 11) is 0. The molecular weight excluding hydrogens is 407 g/mol. The standard InChI is InChI=1S/C24H30ClFO4/c1-11(27)24(30-12(2)28)6-5-15-14-8-18(25)17-9-20(29)13-7-16(13)23(17,4)21(14)19(26)10-22(15,24)3/h8-9,13-16,19-21,29H,5-7,10H2,1-4H3/t13-,14+,15+,16+,19+,20-,21-,22+,23+,24+/m1/s1. The van der Waals surface area contributed by atoms with Crippen molar-refractivity contribution in [2.24, 2.45) is 40.4 Å². The predicted molar refractivity (Wildman–Crippen MR) is 110 cm³/mol. The van der Waals surface area contributed by atoms with Gasteiger partial charge in [-0.15, -0.1) is 0 Å². The van der Waals surface area contributed by atoms with Crippen LogP contribution in [0.5, 0.6) is 0 Å². The van der Waals surface area contributed by atoms with Crippen molar-refractivity contribution in [2.45, 2.75) is 71.3 Å². The number of esters is 1. The molecule has 4 nitrogen and oxygen atoms in total. The smallest absolute Gasteiger partial charge is 0.303 e. The molecule has 0 saturated heterocycles. The lowest BCUT2D eigenvalue weighted by atomic mass is 9.47. The van der Waals surface area contributed by atoms with E-state index in [0.717, 1.165) is 12.0 Å². The lowest BCUT2D eigenvalue weighted by molar-refractivity contribution is -0.190. The van der Waals surface area contributed by atoms with Crippen LogP contribution in [-0.2, 0) is 14.3 Å². The normalized spacial score (nSPS) is 53.4. The zero-order chi connectivity index (χ0) is 21.8. The Balaban J connectivity index is 1.63. The van der Waals surface area contributed by atoms with E-state index >= 15 is 4.39 Å². The maximum Gasteiger partial charge on any atom is 0.303 e. The number of aliphatic hydroxyl groups excluding tert-OH is 1. The molecule has 30 heavy (non-hydrogen) atoms. The molecule has 0 aromatic carbocycles. The third-order valence-electron chi connectivity index (χ3n) is 9.58. The molecule has 0 aliphatic heterocycles. The van der Waals surface area contributed by atoms with E-state index < -0.39 is 34.7 Å². The first kappa shape index (κ1) is 20.7. The highest BCUT2D eigenvalue weighted by Gasteiger charge is 2.72. The summed E-state index contributed by atoms with van der Waals surface area (Å²) in [6.45, 7) is 6.82. The maximum absolute atomic E-state index is 16.2. The summed E-state index contributed by atoms with van der Waals surface area (Å²) in [5.74, 6) is -0.640. The molecule has 0 spiro atoms. The van der Waals surface area contributed by atoms with Gasteiger partial charge >= 0.3 is 5.97 Å². The topological polar surface area (TPSA) is 63.6 Å². The van der Waals surface area contributed by atoms with Gasteiger partial charge in [0.05, 0.1) is 6.10 Å². The zero-order valence-electron chi connectivity index (χ0n) is 18.0. The molecule has 5 rings (SSSR count). The number of alkyl halides is 1. The number of allylic oxidation sites excluding steroid dienone is 3. The van der Waals surface area contributed by atoms with Crippen LogP contribution in [0.4, 0.5) is 4.39 Å². The highest BCUT2D eigenvalue weighted by atomic mass is 35.5. The van der Waals surface area contributed by atoms with Gasteiger partial charge < -0.3 is 9.84 Å². The van der Waals surface area contributed by atoms with Gasteiger partial charge in [-0.1, -0.05) is 37.6 Å². The lowest BCUT2D eigenvalue weighted by Gasteiger charge is -2.59. The van der Waals surface area contributed by atoms with Crippen LogP contribution in [0.3, 0.4) is 0 Å². The number of fused-ring (bicyclic) bond motifs is 7. The molecule has 3 saturated carbocycles. The van der Waals surface area contributed by atoms with E-state index in [0.29, 0.717) is 17.9 Å². The number of aliphatic hydroxyl groups is 1. The van der Waals surface area contributed by atoms with E-state index in [1.165, 1.54) is 13.8 Å². The molecule has 5 aliphatic rings. The Hall–Kier alpha value is -1.20. The second-order valence-electron chi connectivity index (χ2n) is 10.7. The minimum absolute atomic E-state index is 0.00826.